The molecule has 2 unspecified atom stereocenters. The number of aliphatic hydroxyl groups excluding tert-OH is 2. The summed E-state index contributed by atoms with van der Waals surface area (Å²) in [5, 5.41) is 24.5. The lowest BCUT2D eigenvalue weighted by Crippen LogP contribution is -2.53. The second-order valence-corrected chi connectivity index (χ2v) is 4.79. The van der Waals surface area contributed by atoms with Gasteiger partial charge in [-0.05, 0) is 39.9 Å². The molecule has 0 aliphatic rings. The van der Waals surface area contributed by atoms with Gasteiger partial charge < -0.3 is 20.8 Å². The monoisotopic (exact) mass is 220 g/mol. The Kier molecular flexibility index (Phi) is 5.33. The number of thiocarbonyl (C=S) groups is 1. The van der Waals surface area contributed by atoms with Gasteiger partial charge in [-0.15, -0.1) is 0 Å². The summed E-state index contributed by atoms with van der Waals surface area (Å²) in [4.78, 5) is 0. The molecule has 84 valence electrons. The van der Waals surface area contributed by atoms with E-state index in [0.717, 1.165) is 0 Å². The molecule has 0 saturated heterocycles. The van der Waals surface area contributed by atoms with Gasteiger partial charge in [0.1, 0.15) is 0 Å². The van der Waals surface area contributed by atoms with Crippen LogP contribution in [-0.4, -0.2) is 39.6 Å². The molecule has 0 spiro atoms. The van der Waals surface area contributed by atoms with Gasteiger partial charge in [0.05, 0.1) is 18.8 Å². The van der Waals surface area contributed by atoms with Crippen LogP contribution in [0.15, 0.2) is 0 Å². The fourth-order valence-corrected chi connectivity index (χ4v) is 1.32. The van der Waals surface area contributed by atoms with Crippen molar-refractivity contribution in [2.45, 2.75) is 45.4 Å². The van der Waals surface area contributed by atoms with Gasteiger partial charge in [0.2, 0.25) is 0 Å². The van der Waals surface area contributed by atoms with Gasteiger partial charge in [0.25, 0.3) is 0 Å². The van der Waals surface area contributed by atoms with Crippen molar-refractivity contribution < 1.29 is 10.2 Å². The maximum absolute atomic E-state index is 9.25. The molecule has 0 amide bonds. The fourth-order valence-electron chi connectivity index (χ4n) is 0.864. The summed E-state index contributed by atoms with van der Waals surface area (Å²) in [6.45, 7) is 7.41. The highest BCUT2D eigenvalue weighted by atomic mass is 32.1. The third kappa shape index (κ3) is 6.12. The molecule has 0 radical (unpaired) electrons. The Morgan fingerprint density at radius 1 is 1.43 bits per heavy atom. The smallest absolute Gasteiger partial charge is 0.167 e. The first kappa shape index (κ1) is 13.6. The lowest BCUT2D eigenvalue weighted by molar-refractivity contribution is 0.113. The molecule has 0 aromatic heterocycles. The van der Waals surface area contributed by atoms with Gasteiger partial charge in [0.15, 0.2) is 5.11 Å². The maximum Gasteiger partial charge on any atom is 0.167 e. The van der Waals surface area contributed by atoms with Crippen LogP contribution in [0.2, 0.25) is 0 Å². The number of hydrogen-bond donors (Lipinski definition) is 4. The molecule has 4 N–H and O–H groups in total. The van der Waals surface area contributed by atoms with E-state index in [1.54, 1.807) is 6.92 Å². The van der Waals surface area contributed by atoms with E-state index in [2.05, 4.69) is 10.6 Å². The zero-order valence-corrected chi connectivity index (χ0v) is 9.98. The Labute approximate surface area is 90.7 Å². The molecule has 0 aromatic carbocycles. The minimum absolute atomic E-state index is 0.122. The largest absolute Gasteiger partial charge is 0.394 e. The molecule has 5 heteroatoms. The maximum atomic E-state index is 9.25. The highest BCUT2D eigenvalue weighted by Crippen LogP contribution is 1.99. The predicted octanol–water partition coefficient (Wildman–Crippen LogP) is -0.00930. The van der Waals surface area contributed by atoms with E-state index in [1.165, 1.54) is 0 Å². The molecule has 14 heavy (non-hydrogen) atoms. The van der Waals surface area contributed by atoms with Crippen molar-refractivity contribution in [1.29, 1.82) is 0 Å². The molecule has 0 aliphatic carbocycles. The van der Waals surface area contributed by atoms with E-state index in [-0.39, 0.29) is 12.1 Å². The number of rotatable bonds is 3. The Balaban J connectivity index is 4.04. The van der Waals surface area contributed by atoms with Crippen LogP contribution in [0.25, 0.3) is 0 Å². The molecule has 4 nitrogen and oxygen atoms in total. The number of hydrogen-bond acceptors (Lipinski definition) is 3. The van der Waals surface area contributed by atoms with Crippen molar-refractivity contribution in [2.24, 2.45) is 0 Å². The number of aliphatic hydroxyl groups is 2. The lowest BCUT2D eigenvalue weighted by Gasteiger charge is -2.27. The molecule has 0 aromatic rings. The molecule has 0 bridgehead atoms. The van der Waals surface area contributed by atoms with Crippen molar-refractivity contribution in [3.8, 4) is 0 Å². The van der Waals surface area contributed by atoms with E-state index < -0.39 is 12.1 Å². The quantitative estimate of drug-likeness (QED) is 0.504. The van der Waals surface area contributed by atoms with Crippen molar-refractivity contribution >= 4 is 17.3 Å². The predicted molar refractivity (Wildman–Crippen MR) is 61.2 cm³/mol. The van der Waals surface area contributed by atoms with Gasteiger partial charge in [0, 0.05) is 5.54 Å². The van der Waals surface area contributed by atoms with Crippen LogP contribution >= 0.6 is 12.2 Å². The zero-order valence-electron chi connectivity index (χ0n) is 9.16. The molecule has 0 fully saturated rings. The van der Waals surface area contributed by atoms with Gasteiger partial charge in [-0.3, -0.25) is 0 Å². The Morgan fingerprint density at radius 3 is 2.21 bits per heavy atom. The third-order valence-corrected chi connectivity index (χ3v) is 1.80. The number of nitrogens with one attached hydrogen (secondary N) is 2. The summed E-state index contributed by atoms with van der Waals surface area (Å²) in [7, 11) is 0. The summed E-state index contributed by atoms with van der Waals surface area (Å²) in [6.07, 6.45) is -0.639. The standard InChI is InChI=1S/C9H20N2O2S/c1-6(13)7(5-12)10-8(14)11-9(2,3)4/h6-7,12-13H,5H2,1-4H3,(H2,10,11,14). The lowest BCUT2D eigenvalue weighted by atomic mass is 10.1. The summed E-state index contributed by atoms with van der Waals surface area (Å²) < 4.78 is 0. The summed E-state index contributed by atoms with van der Waals surface area (Å²) >= 11 is 5.02. The molecule has 0 aliphatic heterocycles. The highest BCUT2D eigenvalue weighted by Gasteiger charge is 2.17. The first-order valence-corrected chi connectivity index (χ1v) is 5.04. The Morgan fingerprint density at radius 2 is 1.93 bits per heavy atom. The molecule has 0 heterocycles. The van der Waals surface area contributed by atoms with Crippen LogP contribution in [-0.2, 0) is 0 Å². The van der Waals surface area contributed by atoms with Gasteiger partial charge >= 0.3 is 0 Å². The fraction of sp³-hybridized carbons (Fsp3) is 0.889. The van der Waals surface area contributed by atoms with Crippen molar-refractivity contribution in [1.82, 2.24) is 10.6 Å². The zero-order chi connectivity index (χ0) is 11.4. The average Bonchev–Trinajstić information content (AvgIpc) is 1.96. The minimum Gasteiger partial charge on any atom is -0.394 e. The first-order valence-electron chi connectivity index (χ1n) is 4.64. The van der Waals surface area contributed by atoms with Crippen molar-refractivity contribution in [3.63, 3.8) is 0 Å². The van der Waals surface area contributed by atoms with Gasteiger partial charge in [-0.1, -0.05) is 0 Å². The van der Waals surface area contributed by atoms with Crippen molar-refractivity contribution in [3.05, 3.63) is 0 Å². The summed E-state index contributed by atoms with van der Waals surface area (Å²) in [6, 6.07) is -0.419. The van der Waals surface area contributed by atoms with Crippen LogP contribution in [0.4, 0.5) is 0 Å². The first-order chi connectivity index (χ1) is 6.26. The Bertz CT molecular complexity index is 190. The van der Waals surface area contributed by atoms with Crippen LogP contribution in [0.3, 0.4) is 0 Å². The minimum atomic E-state index is -0.639. The third-order valence-electron chi connectivity index (χ3n) is 1.58. The molecule has 2 atom stereocenters. The summed E-state index contributed by atoms with van der Waals surface area (Å²) in [5.74, 6) is 0. The van der Waals surface area contributed by atoms with E-state index >= 15 is 0 Å². The van der Waals surface area contributed by atoms with Crippen LogP contribution < -0.4 is 10.6 Å². The van der Waals surface area contributed by atoms with Gasteiger partial charge in [-0.25, -0.2) is 0 Å². The van der Waals surface area contributed by atoms with Crippen molar-refractivity contribution in [2.75, 3.05) is 6.61 Å². The van der Waals surface area contributed by atoms with E-state index in [1.807, 2.05) is 20.8 Å². The van der Waals surface area contributed by atoms with Crippen LogP contribution in [0, 0.1) is 0 Å². The molecular formula is C9H20N2O2S. The molecular weight excluding hydrogens is 200 g/mol. The van der Waals surface area contributed by atoms with E-state index in [0.29, 0.717) is 5.11 Å². The second kappa shape index (κ2) is 5.48. The summed E-state index contributed by atoms with van der Waals surface area (Å²) in [5.41, 5.74) is -0.122. The van der Waals surface area contributed by atoms with E-state index in [4.69, 9.17) is 17.3 Å². The second-order valence-electron chi connectivity index (χ2n) is 4.38. The molecule has 0 rings (SSSR count). The highest BCUT2D eigenvalue weighted by molar-refractivity contribution is 7.80. The van der Waals surface area contributed by atoms with Gasteiger partial charge in [-0.2, -0.15) is 0 Å². The Hall–Kier alpha value is -0.390. The topological polar surface area (TPSA) is 64.5 Å². The normalized spacial score (nSPS) is 15.9. The SMILES string of the molecule is CC(O)C(CO)NC(=S)NC(C)(C)C. The average molecular weight is 220 g/mol. The molecule has 0 saturated carbocycles. The van der Waals surface area contributed by atoms with E-state index in [9.17, 15) is 5.11 Å². The van der Waals surface area contributed by atoms with Crippen LogP contribution in [0.5, 0.6) is 0 Å². The van der Waals surface area contributed by atoms with Crippen LogP contribution in [0.1, 0.15) is 27.7 Å².